The highest BCUT2D eigenvalue weighted by Crippen LogP contribution is 2.38. The first kappa shape index (κ1) is 23.5. The molecule has 0 fully saturated rings. The summed E-state index contributed by atoms with van der Waals surface area (Å²) in [5.41, 5.74) is 7.22. The molecule has 0 amide bonds. The van der Waals surface area contributed by atoms with Gasteiger partial charge in [-0.3, -0.25) is 0 Å². The summed E-state index contributed by atoms with van der Waals surface area (Å²) >= 11 is 0. The average molecular weight is 646 g/mol. The summed E-state index contributed by atoms with van der Waals surface area (Å²) in [5.74, 6) is 1.22. The van der Waals surface area contributed by atoms with E-state index in [1.807, 2.05) is 54.6 Å². The Hall–Kier alpha value is -6.85. The van der Waals surface area contributed by atoms with Gasteiger partial charge in [0.15, 0.2) is 17.5 Å². The van der Waals surface area contributed by atoms with Crippen LogP contribution >= 0.6 is 0 Å². The molecule has 0 saturated heterocycles. The highest BCUT2D eigenvalue weighted by molar-refractivity contribution is 6.11. The van der Waals surface area contributed by atoms with Crippen LogP contribution in [0.4, 0.5) is 0 Å². The van der Waals surface area contributed by atoms with Crippen molar-refractivity contribution in [1.29, 1.82) is 0 Å². The number of rotatable bonds is 5. The first-order valence-corrected chi connectivity index (χ1v) is 16.3. The molecule has 0 N–H and O–H groups in total. The molecule has 0 atom stereocenters. The minimum atomic E-state index is -0.438. The van der Waals surface area contributed by atoms with Crippen LogP contribution in [0.25, 0.3) is 94.7 Å². The predicted octanol–water partition coefficient (Wildman–Crippen LogP) is 11.5. The SMILES string of the molecule is [2H]c1c([2H])c([2H])c(-c2cccc(-c3nc(-c4ccccc4)nc(-c4cccc5c4oc4cc(-n6c7ccccc7c7ccccc76)ccc45)n3)c2)c([2H])c1[2H]. The molecule has 0 spiro atoms. The maximum Gasteiger partial charge on any atom is 0.167 e. The van der Waals surface area contributed by atoms with Gasteiger partial charge in [-0.2, -0.15) is 0 Å². The molecule has 3 aromatic heterocycles. The number of aromatic nitrogens is 4. The summed E-state index contributed by atoms with van der Waals surface area (Å²) in [7, 11) is 0. The van der Waals surface area contributed by atoms with Gasteiger partial charge in [0.1, 0.15) is 11.2 Å². The van der Waals surface area contributed by atoms with Crippen molar-refractivity contribution >= 4 is 43.7 Å². The van der Waals surface area contributed by atoms with Crippen LogP contribution in [-0.4, -0.2) is 19.5 Å². The molecule has 7 aromatic carbocycles. The molecule has 0 unspecified atom stereocenters. The van der Waals surface area contributed by atoms with Crippen LogP contribution < -0.4 is 0 Å². The second kappa shape index (κ2) is 11.4. The fraction of sp³-hybridized carbons (Fsp3) is 0. The Morgan fingerprint density at radius 1 is 0.460 bits per heavy atom. The van der Waals surface area contributed by atoms with Gasteiger partial charge in [0.25, 0.3) is 0 Å². The van der Waals surface area contributed by atoms with Crippen molar-refractivity contribution < 1.29 is 11.3 Å². The van der Waals surface area contributed by atoms with Crippen LogP contribution in [0.2, 0.25) is 0 Å². The third-order valence-electron chi connectivity index (χ3n) is 9.14. The van der Waals surface area contributed by atoms with Gasteiger partial charge in [0, 0.05) is 44.4 Å². The maximum atomic E-state index is 8.56. The van der Waals surface area contributed by atoms with Crippen molar-refractivity contribution in [3.05, 3.63) is 170 Å². The third-order valence-corrected chi connectivity index (χ3v) is 9.14. The van der Waals surface area contributed by atoms with Crippen molar-refractivity contribution in [3.8, 4) is 51.0 Å². The Bertz CT molecular complexity index is 3090. The van der Waals surface area contributed by atoms with E-state index in [4.69, 9.17) is 26.2 Å². The number of hydrogen-bond acceptors (Lipinski definition) is 4. The summed E-state index contributed by atoms with van der Waals surface area (Å²) < 4.78 is 50.6. The Kier molecular flexibility index (Phi) is 5.35. The fourth-order valence-electron chi connectivity index (χ4n) is 6.85. The summed E-state index contributed by atoms with van der Waals surface area (Å²) in [4.78, 5) is 14.8. The molecule has 0 aliphatic rings. The first-order chi connectivity index (χ1) is 26.9. The van der Waals surface area contributed by atoms with Crippen molar-refractivity contribution in [2.24, 2.45) is 0 Å². The highest BCUT2D eigenvalue weighted by Gasteiger charge is 2.19. The van der Waals surface area contributed by atoms with Crippen LogP contribution in [-0.2, 0) is 0 Å². The third kappa shape index (κ3) is 4.60. The van der Waals surface area contributed by atoms with Gasteiger partial charge in [-0.15, -0.1) is 0 Å². The number of hydrogen-bond donors (Lipinski definition) is 0. The molecular formula is C45H28N4O. The zero-order valence-corrected chi connectivity index (χ0v) is 26.5. The molecule has 3 heterocycles. The molecule has 0 aliphatic heterocycles. The molecule has 50 heavy (non-hydrogen) atoms. The minimum absolute atomic E-state index is 0.109. The lowest BCUT2D eigenvalue weighted by atomic mass is 10.0. The molecule has 5 heteroatoms. The van der Waals surface area contributed by atoms with E-state index in [1.54, 1.807) is 18.2 Å². The van der Waals surface area contributed by atoms with Crippen LogP contribution in [0.5, 0.6) is 0 Å². The maximum absolute atomic E-state index is 8.56. The molecule has 234 valence electrons. The summed E-state index contributed by atoms with van der Waals surface area (Å²) in [5, 5.41) is 4.26. The monoisotopic (exact) mass is 645 g/mol. The van der Waals surface area contributed by atoms with Gasteiger partial charge in [0.2, 0.25) is 0 Å². The lowest BCUT2D eigenvalue weighted by Gasteiger charge is -2.10. The largest absolute Gasteiger partial charge is 0.455 e. The number of benzene rings is 7. The van der Waals surface area contributed by atoms with Gasteiger partial charge in [-0.05, 0) is 47.5 Å². The molecule has 0 saturated carbocycles. The van der Waals surface area contributed by atoms with Gasteiger partial charge in [0.05, 0.1) is 23.5 Å². The van der Waals surface area contributed by atoms with Gasteiger partial charge in [-0.25, -0.2) is 15.0 Å². The standard InChI is InChI=1S/C45H28N4O/c1-3-13-29(14-4-1)31-17-11-18-32(27-31)44-46-43(30-15-5-2-6-16-30)47-45(48-44)38-22-12-21-37-36-26-25-33(28-41(36)50-42(37)38)49-39-23-9-7-19-34(39)35-20-8-10-24-40(35)49/h1-28H/i1D,3D,4D,13D,14D. The zero-order chi connectivity index (χ0) is 37.4. The van der Waals surface area contributed by atoms with E-state index >= 15 is 0 Å². The first-order valence-electron chi connectivity index (χ1n) is 18.8. The number of para-hydroxylation sites is 3. The lowest BCUT2D eigenvalue weighted by molar-refractivity contribution is 0.669. The molecule has 10 rings (SSSR count). The second-order valence-electron chi connectivity index (χ2n) is 12.1. The Morgan fingerprint density at radius 2 is 1.08 bits per heavy atom. The van der Waals surface area contributed by atoms with Crippen molar-refractivity contribution in [1.82, 2.24) is 19.5 Å². The van der Waals surface area contributed by atoms with E-state index in [-0.39, 0.29) is 17.6 Å². The topological polar surface area (TPSA) is 56.7 Å². The summed E-state index contributed by atoms with van der Waals surface area (Å²) in [6.07, 6.45) is 0. The molecule has 0 aliphatic carbocycles. The van der Waals surface area contributed by atoms with Crippen LogP contribution in [0, 0.1) is 0 Å². The van der Waals surface area contributed by atoms with Gasteiger partial charge < -0.3 is 8.98 Å². The van der Waals surface area contributed by atoms with E-state index < -0.39 is 18.1 Å². The fourth-order valence-corrected chi connectivity index (χ4v) is 6.85. The normalized spacial score (nSPS) is 13.0. The van der Waals surface area contributed by atoms with Crippen LogP contribution in [0.15, 0.2) is 174 Å². The van der Waals surface area contributed by atoms with Gasteiger partial charge >= 0.3 is 0 Å². The molecule has 10 aromatic rings. The lowest BCUT2D eigenvalue weighted by Crippen LogP contribution is -2.00. The Balaban J connectivity index is 1.15. The Morgan fingerprint density at radius 3 is 1.86 bits per heavy atom. The van der Waals surface area contributed by atoms with Crippen LogP contribution in [0.1, 0.15) is 6.85 Å². The minimum Gasteiger partial charge on any atom is -0.455 e. The molecule has 0 bridgehead atoms. The molecule has 0 radical (unpaired) electrons. The van der Waals surface area contributed by atoms with Crippen molar-refractivity contribution in [2.75, 3.05) is 0 Å². The van der Waals surface area contributed by atoms with E-state index in [0.717, 1.165) is 38.6 Å². The smallest absolute Gasteiger partial charge is 0.167 e. The van der Waals surface area contributed by atoms with E-state index in [1.165, 1.54) is 10.8 Å². The predicted molar refractivity (Wildman–Crippen MR) is 203 cm³/mol. The van der Waals surface area contributed by atoms with E-state index in [2.05, 4.69) is 71.3 Å². The quantitative estimate of drug-likeness (QED) is 0.187. The van der Waals surface area contributed by atoms with E-state index in [0.29, 0.717) is 39.7 Å². The van der Waals surface area contributed by atoms with Gasteiger partial charge in [-0.1, -0.05) is 127 Å². The number of fused-ring (bicyclic) bond motifs is 6. The summed E-state index contributed by atoms with van der Waals surface area (Å²) in [6.45, 7) is 0. The Labute approximate surface area is 294 Å². The summed E-state index contributed by atoms with van der Waals surface area (Å²) in [6, 6.07) is 44.0. The number of furan rings is 1. The van der Waals surface area contributed by atoms with Crippen molar-refractivity contribution in [2.45, 2.75) is 0 Å². The highest BCUT2D eigenvalue weighted by atomic mass is 16.3. The second-order valence-corrected chi connectivity index (χ2v) is 12.1. The van der Waals surface area contributed by atoms with Crippen LogP contribution in [0.3, 0.4) is 0 Å². The molecular weight excluding hydrogens is 613 g/mol. The van der Waals surface area contributed by atoms with Crippen molar-refractivity contribution in [3.63, 3.8) is 0 Å². The number of nitrogens with zero attached hydrogens (tertiary/aromatic N) is 4. The average Bonchev–Trinajstić information content (AvgIpc) is 3.78. The zero-order valence-electron chi connectivity index (χ0n) is 31.5. The van der Waals surface area contributed by atoms with E-state index in [9.17, 15) is 0 Å². The molecule has 5 nitrogen and oxygen atoms in total.